The maximum absolute atomic E-state index is 2.73. The molecule has 0 aromatic rings. The average molecular weight is 359 g/mol. The second-order valence-electron chi connectivity index (χ2n) is 11.7. The zero-order valence-corrected chi connectivity index (χ0v) is 18.0. The van der Waals surface area contributed by atoms with Gasteiger partial charge in [0.15, 0.2) is 0 Å². The van der Waals surface area contributed by atoms with Gasteiger partial charge in [-0.1, -0.05) is 6.92 Å². The lowest BCUT2D eigenvalue weighted by molar-refractivity contribution is -0.118. The molecule has 1 heterocycles. The van der Waals surface area contributed by atoms with Crippen LogP contribution in [-0.2, 0) is 0 Å². The minimum Gasteiger partial charge on any atom is -0.306 e. The van der Waals surface area contributed by atoms with Crippen molar-refractivity contribution in [3.63, 3.8) is 0 Å². The van der Waals surface area contributed by atoms with E-state index in [1.54, 1.807) is 25.7 Å². The van der Waals surface area contributed by atoms with Crippen molar-refractivity contribution in [1.29, 1.82) is 0 Å². The van der Waals surface area contributed by atoms with Crippen LogP contribution in [0.5, 0.6) is 0 Å². The van der Waals surface area contributed by atoms with Crippen molar-refractivity contribution in [1.82, 2.24) is 9.80 Å². The molecule has 0 unspecified atom stereocenters. The second kappa shape index (κ2) is 5.96. The highest BCUT2D eigenvalue weighted by Crippen LogP contribution is 2.69. The second-order valence-corrected chi connectivity index (χ2v) is 11.7. The van der Waals surface area contributed by atoms with Gasteiger partial charge in [-0.15, -0.1) is 0 Å². The maximum atomic E-state index is 2.73. The Labute approximate surface area is 162 Å². The van der Waals surface area contributed by atoms with Gasteiger partial charge in [0, 0.05) is 18.6 Å². The van der Waals surface area contributed by atoms with Crippen molar-refractivity contribution in [3.05, 3.63) is 0 Å². The fourth-order valence-corrected chi connectivity index (χ4v) is 9.51. The predicted molar refractivity (Wildman–Crippen MR) is 109 cm³/mol. The van der Waals surface area contributed by atoms with Gasteiger partial charge in [0.1, 0.15) is 0 Å². The molecule has 0 aromatic carbocycles. The van der Waals surface area contributed by atoms with Gasteiger partial charge in [-0.3, -0.25) is 0 Å². The smallest absolute Gasteiger partial charge is 0.00982 e. The fraction of sp³-hybridized carbons (Fsp3) is 1.00. The van der Waals surface area contributed by atoms with Crippen LogP contribution in [-0.4, -0.2) is 49.6 Å². The van der Waals surface area contributed by atoms with Crippen LogP contribution in [0.25, 0.3) is 0 Å². The summed E-state index contributed by atoms with van der Waals surface area (Å²) < 4.78 is 0. The van der Waals surface area contributed by atoms with E-state index in [-0.39, 0.29) is 0 Å². The third-order valence-electron chi connectivity index (χ3n) is 11.0. The van der Waals surface area contributed by atoms with E-state index >= 15 is 0 Å². The van der Waals surface area contributed by atoms with E-state index in [0.717, 1.165) is 41.7 Å². The highest BCUT2D eigenvalue weighted by molar-refractivity contribution is 5.15. The molecule has 4 aliphatic carbocycles. The Morgan fingerprint density at radius 2 is 1.65 bits per heavy atom. The molecule has 2 nitrogen and oxygen atoms in total. The zero-order chi connectivity index (χ0) is 18.3. The lowest BCUT2D eigenvalue weighted by atomic mass is 9.44. The topological polar surface area (TPSA) is 6.48 Å². The Balaban J connectivity index is 1.41. The highest BCUT2D eigenvalue weighted by atomic mass is 15.2. The minimum absolute atomic E-state index is 0.658. The van der Waals surface area contributed by atoms with Gasteiger partial charge in [-0.2, -0.15) is 0 Å². The van der Waals surface area contributed by atoms with E-state index < -0.39 is 0 Å². The van der Waals surface area contributed by atoms with Crippen molar-refractivity contribution in [2.75, 3.05) is 27.7 Å². The monoisotopic (exact) mass is 358 g/mol. The van der Waals surface area contributed by atoms with Crippen LogP contribution in [0, 0.1) is 40.4 Å². The van der Waals surface area contributed by atoms with E-state index in [0.29, 0.717) is 10.8 Å². The number of hydrogen-bond donors (Lipinski definition) is 0. The van der Waals surface area contributed by atoms with Crippen LogP contribution < -0.4 is 0 Å². The van der Waals surface area contributed by atoms with Crippen molar-refractivity contribution >= 4 is 0 Å². The summed E-state index contributed by atoms with van der Waals surface area (Å²) in [5, 5.41) is 0. The van der Waals surface area contributed by atoms with Crippen LogP contribution in [0.4, 0.5) is 0 Å². The summed E-state index contributed by atoms with van der Waals surface area (Å²) in [6.07, 6.45) is 13.7. The first-order chi connectivity index (χ1) is 12.4. The largest absolute Gasteiger partial charge is 0.306 e. The molecule has 2 heteroatoms. The molecule has 5 aliphatic rings. The van der Waals surface area contributed by atoms with Gasteiger partial charge in [-0.05, 0) is 126 Å². The Bertz CT molecular complexity index is 558. The first-order valence-corrected chi connectivity index (χ1v) is 11.7. The SMILES string of the molecule is C[C@H]1[C@H]2CC[C@H]3[C@@H]4CC[C@H]5C[C@@H](N(C)C)CC[C@]5(C)[C@H]4CC[C@]23CN1C. The van der Waals surface area contributed by atoms with E-state index in [1.807, 2.05) is 0 Å². The van der Waals surface area contributed by atoms with E-state index in [1.165, 1.54) is 38.6 Å². The molecular formula is C24H42N2. The molecule has 1 saturated heterocycles. The van der Waals surface area contributed by atoms with Crippen LogP contribution in [0.2, 0.25) is 0 Å². The van der Waals surface area contributed by atoms with Gasteiger partial charge >= 0.3 is 0 Å². The molecule has 0 amide bonds. The molecule has 4 saturated carbocycles. The molecule has 148 valence electrons. The normalized spacial score (nSPS) is 56.8. The number of rotatable bonds is 1. The standard InChI is InChI=1S/C24H42N2/c1-16-20-8-9-22-19-7-6-17-14-18(25(3)4)10-12-23(17,2)21(19)11-13-24(20,22)15-26(16)5/h16-22H,6-15H2,1-5H3/t16-,17-,18-,19+,20+,21-,22-,23-,24-/m0/s1. The summed E-state index contributed by atoms with van der Waals surface area (Å²) in [5.41, 5.74) is 1.37. The van der Waals surface area contributed by atoms with Gasteiger partial charge in [0.05, 0.1) is 0 Å². The Morgan fingerprint density at radius 1 is 0.885 bits per heavy atom. The van der Waals surface area contributed by atoms with Crippen LogP contribution in [0.3, 0.4) is 0 Å². The molecule has 26 heavy (non-hydrogen) atoms. The van der Waals surface area contributed by atoms with Crippen LogP contribution in [0.1, 0.15) is 71.6 Å². The highest BCUT2D eigenvalue weighted by Gasteiger charge is 2.64. The first kappa shape index (κ1) is 18.0. The van der Waals surface area contributed by atoms with Gasteiger partial charge in [0.2, 0.25) is 0 Å². The van der Waals surface area contributed by atoms with E-state index in [9.17, 15) is 0 Å². The lowest BCUT2D eigenvalue weighted by Gasteiger charge is -2.61. The summed E-state index contributed by atoms with van der Waals surface area (Å²) in [6.45, 7) is 6.67. The van der Waals surface area contributed by atoms with Crippen molar-refractivity contribution < 1.29 is 0 Å². The van der Waals surface area contributed by atoms with Gasteiger partial charge < -0.3 is 9.80 Å². The van der Waals surface area contributed by atoms with Crippen LogP contribution >= 0.6 is 0 Å². The van der Waals surface area contributed by atoms with Gasteiger partial charge in [0.25, 0.3) is 0 Å². The molecule has 0 radical (unpaired) electrons. The zero-order valence-electron chi connectivity index (χ0n) is 18.0. The van der Waals surface area contributed by atoms with Crippen LogP contribution in [0.15, 0.2) is 0 Å². The Morgan fingerprint density at radius 3 is 2.42 bits per heavy atom. The molecular weight excluding hydrogens is 316 g/mol. The lowest BCUT2D eigenvalue weighted by Crippen LogP contribution is -2.55. The van der Waals surface area contributed by atoms with Crippen molar-refractivity contribution in [3.8, 4) is 0 Å². The quantitative estimate of drug-likeness (QED) is 0.658. The molecule has 1 spiro atoms. The Hall–Kier alpha value is -0.0800. The number of nitrogens with zero attached hydrogens (tertiary/aromatic N) is 2. The van der Waals surface area contributed by atoms with Crippen molar-refractivity contribution in [2.24, 2.45) is 40.4 Å². The summed E-state index contributed by atoms with van der Waals surface area (Å²) in [5.74, 6) is 5.17. The summed E-state index contributed by atoms with van der Waals surface area (Å²) in [7, 11) is 7.02. The summed E-state index contributed by atoms with van der Waals surface area (Å²) in [4.78, 5) is 5.23. The predicted octanol–water partition coefficient (Wildman–Crippen LogP) is 4.89. The fourth-order valence-electron chi connectivity index (χ4n) is 9.51. The minimum atomic E-state index is 0.658. The van der Waals surface area contributed by atoms with Crippen molar-refractivity contribution in [2.45, 2.75) is 83.7 Å². The first-order valence-electron chi connectivity index (χ1n) is 11.7. The molecule has 0 N–H and O–H groups in total. The summed E-state index contributed by atoms with van der Waals surface area (Å²) >= 11 is 0. The summed E-state index contributed by atoms with van der Waals surface area (Å²) in [6, 6.07) is 1.68. The molecule has 9 atom stereocenters. The molecule has 0 aromatic heterocycles. The van der Waals surface area contributed by atoms with E-state index in [2.05, 4.69) is 44.8 Å². The maximum Gasteiger partial charge on any atom is 0.00982 e. The molecule has 0 bridgehead atoms. The third kappa shape index (κ3) is 2.24. The molecule has 1 aliphatic heterocycles. The van der Waals surface area contributed by atoms with E-state index in [4.69, 9.17) is 0 Å². The third-order valence-corrected chi connectivity index (χ3v) is 11.0. The number of likely N-dealkylation sites (tertiary alicyclic amines) is 1. The number of hydrogen-bond acceptors (Lipinski definition) is 2. The Kier molecular flexibility index (Phi) is 4.12. The number of fused-ring (bicyclic) bond motifs is 4. The molecule has 5 rings (SSSR count). The average Bonchev–Trinajstić information content (AvgIpc) is 3.08. The molecule has 5 fully saturated rings. The van der Waals surface area contributed by atoms with Gasteiger partial charge in [-0.25, -0.2) is 0 Å².